The molecule has 4 nitrogen and oxygen atoms in total. The molecule has 1 rings (SSSR count). The van der Waals surface area contributed by atoms with E-state index in [9.17, 15) is 14.5 Å². The molecule has 0 aliphatic rings. The molecule has 0 aliphatic heterocycles. The van der Waals surface area contributed by atoms with Crippen molar-refractivity contribution in [3.63, 3.8) is 0 Å². The first-order valence-corrected chi connectivity index (χ1v) is 4.62. The van der Waals surface area contributed by atoms with Crippen LogP contribution in [-0.4, -0.2) is 11.6 Å². The minimum atomic E-state index is -0.525. The fraction of sp³-hybridized carbons (Fsp3) is 0.400. The highest BCUT2D eigenvalue weighted by molar-refractivity contribution is 5.43. The van der Waals surface area contributed by atoms with E-state index in [2.05, 4.69) is 0 Å². The lowest BCUT2D eigenvalue weighted by Crippen LogP contribution is -2.11. The summed E-state index contributed by atoms with van der Waals surface area (Å²) in [5.74, 6) is 0. The van der Waals surface area contributed by atoms with Gasteiger partial charge in [-0.15, -0.1) is 0 Å². The molecule has 2 N–H and O–H groups in total. The normalized spacial score (nSPS) is 12.5. The molecule has 0 bridgehead atoms. The number of rotatable bonds is 4. The van der Waals surface area contributed by atoms with Crippen LogP contribution >= 0.6 is 0 Å². The van der Waals surface area contributed by atoms with E-state index < -0.39 is 17.6 Å². The van der Waals surface area contributed by atoms with Gasteiger partial charge in [-0.1, -0.05) is 12.1 Å². The van der Waals surface area contributed by atoms with Crippen molar-refractivity contribution in [3.05, 3.63) is 39.4 Å². The second-order valence-electron chi connectivity index (χ2n) is 3.39. The molecule has 0 heterocycles. The fourth-order valence-electron chi connectivity index (χ4n) is 1.34. The van der Waals surface area contributed by atoms with Crippen molar-refractivity contribution < 1.29 is 9.31 Å². The largest absolute Gasteiger partial charge is 0.324 e. The third-order valence-electron chi connectivity index (χ3n) is 2.28. The Hall–Kier alpha value is -1.49. The van der Waals surface area contributed by atoms with Crippen LogP contribution in [0.25, 0.3) is 0 Å². The van der Waals surface area contributed by atoms with E-state index in [0.717, 1.165) is 0 Å². The summed E-state index contributed by atoms with van der Waals surface area (Å²) in [5.41, 5.74) is 6.87. The van der Waals surface area contributed by atoms with E-state index in [0.29, 0.717) is 11.1 Å². The molecule has 1 aromatic carbocycles. The summed E-state index contributed by atoms with van der Waals surface area (Å²) in [6.07, 6.45) is 0.181. The predicted octanol–water partition coefficient (Wildman–Crippen LogP) is 2.26. The Bertz CT molecular complexity index is 368. The van der Waals surface area contributed by atoms with E-state index >= 15 is 0 Å². The van der Waals surface area contributed by atoms with Crippen LogP contribution in [-0.2, 0) is 0 Å². The van der Waals surface area contributed by atoms with Crippen molar-refractivity contribution in [1.82, 2.24) is 0 Å². The van der Waals surface area contributed by atoms with Crippen molar-refractivity contribution in [2.75, 3.05) is 6.67 Å². The molecule has 0 aromatic heterocycles. The van der Waals surface area contributed by atoms with Crippen LogP contribution in [0.2, 0.25) is 0 Å². The standard InChI is InChI=1S/C10H13FN2O2/c1-7-2-3-8(9(12)4-5-11)6-10(7)13(14)15/h2-3,6,9H,4-5,12H2,1H3/t9-/m0/s1. The van der Waals surface area contributed by atoms with Gasteiger partial charge >= 0.3 is 0 Å². The first-order chi connectivity index (χ1) is 7.06. The second-order valence-corrected chi connectivity index (χ2v) is 3.39. The van der Waals surface area contributed by atoms with E-state index in [1.807, 2.05) is 0 Å². The number of benzene rings is 1. The Kier molecular flexibility index (Phi) is 3.74. The van der Waals surface area contributed by atoms with E-state index in [1.165, 1.54) is 6.07 Å². The third kappa shape index (κ3) is 2.73. The van der Waals surface area contributed by atoms with Gasteiger partial charge in [0.1, 0.15) is 0 Å². The van der Waals surface area contributed by atoms with E-state index in [-0.39, 0.29) is 12.1 Å². The van der Waals surface area contributed by atoms with Crippen molar-refractivity contribution >= 4 is 5.69 Å². The zero-order valence-corrected chi connectivity index (χ0v) is 8.44. The average Bonchev–Trinajstić information content (AvgIpc) is 2.18. The molecular formula is C10H13FN2O2. The van der Waals surface area contributed by atoms with Gasteiger partial charge in [0.15, 0.2) is 0 Å². The van der Waals surface area contributed by atoms with Crippen LogP contribution < -0.4 is 5.73 Å². The van der Waals surface area contributed by atoms with Gasteiger partial charge in [0.2, 0.25) is 0 Å². The average molecular weight is 212 g/mol. The number of nitrogens with two attached hydrogens (primary N) is 1. The summed E-state index contributed by atoms with van der Waals surface area (Å²) in [6.45, 7) is 1.13. The molecule has 82 valence electrons. The van der Waals surface area contributed by atoms with Crippen LogP contribution in [0.3, 0.4) is 0 Å². The second kappa shape index (κ2) is 4.84. The number of nitrogens with zero attached hydrogens (tertiary/aromatic N) is 1. The number of nitro benzene ring substituents is 1. The van der Waals surface area contributed by atoms with Crippen LogP contribution in [0.5, 0.6) is 0 Å². The fourth-order valence-corrected chi connectivity index (χ4v) is 1.34. The highest BCUT2D eigenvalue weighted by Crippen LogP contribution is 2.23. The summed E-state index contributed by atoms with van der Waals surface area (Å²) in [6, 6.07) is 4.26. The number of nitro groups is 1. The molecule has 15 heavy (non-hydrogen) atoms. The highest BCUT2D eigenvalue weighted by Gasteiger charge is 2.14. The molecule has 1 atom stereocenters. The van der Waals surface area contributed by atoms with Gasteiger partial charge in [0.05, 0.1) is 11.6 Å². The van der Waals surface area contributed by atoms with Crippen molar-refractivity contribution in [3.8, 4) is 0 Å². The number of hydrogen-bond donors (Lipinski definition) is 1. The number of aryl methyl sites for hydroxylation is 1. The maximum Gasteiger partial charge on any atom is 0.272 e. The Morgan fingerprint density at radius 1 is 1.60 bits per heavy atom. The first kappa shape index (κ1) is 11.6. The van der Waals surface area contributed by atoms with Crippen LogP contribution in [0.4, 0.5) is 10.1 Å². The highest BCUT2D eigenvalue weighted by atomic mass is 19.1. The van der Waals surface area contributed by atoms with Gasteiger partial charge in [-0.3, -0.25) is 14.5 Å². The molecular weight excluding hydrogens is 199 g/mol. The molecule has 0 unspecified atom stereocenters. The molecule has 1 aromatic rings. The SMILES string of the molecule is Cc1ccc([C@@H](N)CCF)cc1[N+](=O)[O-]. The molecule has 0 aliphatic carbocycles. The molecule has 0 saturated carbocycles. The maximum atomic E-state index is 12.1. The Morgan fingerprint density at radius 3 is 2.80 bits per heavy atom. The molecule has 0 fully saturated rings. The third-order valence-corrected chi connectivity index (χ3v) is 2.28. The topological polar surface area (TPSA) is 69.2 Å². The van der Waals surface area contributed by atoms with Crippen LogP contribution in [0.15, 0.2) is 18.2 Å². The Labute approximate surface area is 87.0 Å². The Balaban J connectivity index is 3.02. The smallest absolute Gasteiger partial charge is 0.272 e. The zero-order chi connectivity index (χ0) is 11.4. The van der Waals surface area contributed by atoms with Crippen LogP contribution in [0.1, 0.15) is 23.6 Å². The van der Waals surface area contributed by atoms with Crippen molar-refractivity contribution in [1.29, 1.82) is 0 Å². The van der Waals surface area contributed by atoms with Gasteiger partial charge in [0.25, 0.3) is 5.69 Å². The molecule has 0 saturated heterocycles. The van der Waals surface area contributed by atoms with Gasteiger partial charge in [-0.25, -0.2) is 0 Å². The summed E-state index contributed by atoms with van der Waals surface area (Å²) in [4.78, 5) is 10.2. The first-order valence-electron chi connectivity index (χ1n) is 4.62. The summed E-state index contributed by atoms with van der Waals surface area (Å²) in [7, 11) is 0. The summed E-state index contributed by atoms with van der Waals surface area (Å²) < 4.78 is 12.1. The summed E-state index contributed by atoms with van der Waals surface area (Å²) >= 11 is 0. The van der Waals surface area contributed by atoms with E-state index in [4.69, 9.17) is 5.73 Å². The van der Waals surface area contributed by atoms with E-state index in [1.54, 1.807) is 19.1 Å². The lowest BCUT2D eigenvalue weighted by Gasteiger charge is -2.09. The molecule has 0 amide bonds. The lowest BCUT2D eigenvalue weighted by molar-refractivity contribution is -0.385. The summed E-state index contributed by atoms with van der Waals surface area (Å²) in [5, 5.41) is 10.6. The minimum absolute atomic E-state index is 0.0295. The number of halogens is 1. The van der Waals surface area contributed by atoms with Crippen LogP contribution in [0, 0.1) is 17.0 Å². The number of hydrogen-bond acceptors (Lipinski definition) is 3. The quantitative estimate of drug-likeness (QED) is 0.614. The molecule has 5 heteroatoms. The maximum absolute atomic E-state index is 12.1. The Morgan fingerprint density at radius 2 is 2.27 bits per heavy atom. The molecule has 0 spiro atoms. The number of alkyl halides is 1. The van der Waals surface area contributed by atoms with Gasteiger partial charge in [0, 0.05) is 17.7 Å². The van der Waals surface area contributed by atoms with Gasteiger partial charge in [-0.05, 0) is 18.9 Å². The van der Waals surface area contributed by atoms with Crippen molar-refractivity contribution in [2.24, 2.45) is 5.73 Å². The predicted molar refractivity (Wildman–Crippen MR) is 55.4 cm³/mol. The monoisotopic (exact) mass is 212 g/mol. The van der Waals surface area contributed by atoms with Gasteiger partial charge in [-0.2, -0.15) is 0 Å². The minimum Gasteiger partial charge on any atom is -0.324 e. The lowest BCUT2D eigenvalue weighted by atomic mass is 10.0. The van der Waals surface area contributed by atoms with Crippen molar-refractivity contribution in [2.45, 2.75) is 19.4 Å². The zero-order valence-electron chi connectivity index (χ0n) is 8.44. The van der Waals surface area contributed by atoms with Gasteiger partial charge < -0.3 is 5.73 Å². The molecule has 0 radical (unpaired) electrons.